The van der Waals surface area contributed by atoms with Crippen molar-refractivity contribution in [3.8, 4) is 6.07 Å². The van der Waals surface area contributed by atoms with Gasteiger partial charge in [0.1, 0.15) is 0 Å². The fourth-order valence-corrected chi connectivity index (χ4v) is 2.82. The van der Waals surface area contributed by atoms with E-state index in [1.807, 2.05) is 6.92 Å². The average Bonchev–Trinajstić information content (AvgIpc) is 2.26. The highest BCUT2D eigenvalue weighted by atomic mass is 79.9. The Kier molecular flexibility index (Phi) is 7.21. The second-order valence-corrected chi connectivity index (χ2v) is 5.13. The molecule has 3 heteroatoms. The van der Waals surface area contributed by atoms with E-state index >= 15 is 0 Å². The number of nitrogens with zero attached hydrogens (tertiary/aromatic N) is 2. The second-order valence-electron chi connectivity index (χ2n) is 4.57. The van der Waals surface area contributed by atoms with E-state index in [9.17, 15) is 0 Å². The Balaban J connectivity index is 4.24. The highest BCUT2D eigenvalue weighted by molar-refractivity contribution is 9.09. The maximum absolute atomic E-state index is 8.77. The Morgan fingerprint density at radius 3 is 2.27 bits per heavy atom. The van der Waals surface area contributed by atoms with Gasteiger partial charge in [-0.3, -0.25) is 0 Å². The predicted molar refractivity (Wildman–Crippen MR) is 69.1 cm³/mol. The Morgan fingerprint density at radius 1 is 1.40 bits per heavy atom. The third kappa shape index (κ3) is 4.99. The Labute approximate surface area is 103 Å². The molecule has 0 heterocycles. The van der Waals surface area contributed by atoms with Crippen molar-refractivity contribution in [1.82, 2.24) is 4.90 Å². The molecule has 1 atom stereocenters. The zero-order valence-electron chi connectivity index (χ0n) is 10.4. The molecule has 0 amide bonds. The van der Waals surface area contributed by atoms with Gasteiger partial charge in [0.05, 0.1) is 12.0 Å². The van der Waals surface area contributed by atoms with Gasteiger partial charge in [-0.25, -0.2) is 0 Å². The lowest BCUT2D eigenvalue weighted by Crippen LogP contribution is -2.38. The molecule has 0 spiro atoms. The molecular weight excluding hydrogens is 252 g/mol. The Bertz CT molecular complexity index is 198. The van der Waals surface area contributed by atoms with E-state index in [0.717, 1.165) is 18.4 Å². The van der Waals surface area contributed by atoms with E-state index in [-0.39, 0.29) is 5.92 Å². The molecule has 0 saturated heterocycles. The smallest absolute Gasteiger partial charge is 0.0666 e. The lowest BCUT2D eigenvalue weighted by molar-refractivity contribution is 0.177. The first-order chi connectivity index (χ1) is 7.03. The van der Waals surface area contributed by atoms with Gasteiger partial charge in [-0.1, -0.05) is 29.8 Å². The maximum Gasteiger partial charge on any atom is 0.0666 e. The fraction of sp³-hybridized carbons (Fsp3) is 0.917. The maximum atomic E-state index is 8.77. The van der Waals surface area contributed by atoms with Crippen molar-refractivity contribution >= 4 is 15.9 Å². The molecule has 0 aliphatic rings. The molecule has 0 aromatic heterocycles. The highest BCUT2D eigenvalue weighted by Crippen LogP contribution is 2.29. The first-order valence-corrected chi connectivity index (χ1v) is 6.79. The van der Waals surface area contributed by atoms with Crippen LogP contribution in [0.25, 0.3) is 0 Å². The zero-order chi connectivity index (χ0) is 11.9. The second kappa shape index (κ2) is 7.24. The van der Waals surface area contributed by atoms with Crippen molar-refractivity contribution in [2.24, 2.45) is 11.3 Å². The molecule has 0 radical (unpaired) electrons. The fourth-order valence-electron chi connectivity index (χ4n) is 1.85. The van der Waals surface area contributed by atoms with Gasteiger partial charge in [-0.15, -0.1) is 0 Å². The van der Waals surface area contributed by atoms with E-state index in [2.05, 4.69) is 47.8 Å². The summed E-state index contributed by atoms with van der Waals surface area (Å²) in [5.41, 5.74) is 0.365. The van der Waals surface area contributed by atoms with Gasteiger partial charge in [0.15, 0.2) is 0 Å². The van der Waals surface area contributed by atoms with Gasteiger partial charge < -0.3 is 4.90 Å². The van der Waals surface area contributed by atoms with Gasteiger partial charge in [0, 0.05) is 18.4 Å². The topological polar surface area (TPSA) is 27.0 Å². The summed E-state index contributed by atoms with van der Waals surface area (Å²) in [4.78, 5) is 2.28. The molecule has 1 unspecified atom stereocenters. The number of hydrogen-bond acceptors (Lipinski definition) is 2. The minimum Gasteiger partial charge on any atom is -0.304 e. The molecule has 0 saturated carbocycles. The zero-order valence-corrected chi connectivity index (χ0v) is 12.0. The molecule has 0 bridgehead atoms. The normalized spacial score (nSPS) is 13.9. The van der Waals surface area contributed by atoms with Crippen LogP contribution in [-0.2, 0) is 0 Å². The van der Waals surface area contributed by atoms with Gasteiger partial charge in [0.2, 0.25) is 0 Å². The lowest BCUT2D eigenvalue weighted by atomic mass is 9.84. The van der Waals surface area contributed by atoms with Gasteiger partial charge in [-0.2, -0.15) is 5.26 Å². The summed E-state index contributed by atoms with van der Waals surface area (Å²) >= 11 is 3.61. The van der Waals surface area contributed by atoms with Crippen LogP contribution in [0.4, 0.5) is 0 Å². The predicted octanol–water partition coefficient (Wildman–Crippen LogP) is 3.28. The monoisotopic (exact) mass is 274 g/mol. The molecule has 0 N–H and O–H groups in total. The number of halogens is 1. The van der Waals surface area contributed by atoms with Crippen LogP contribution >= 0.6 is 15.9 Å². The van der Waals surface area contributed by atoms with Crippen LogP contribution in [0.15, 0.2) is 0 Å². The Hall–Kier alpha value is -0.0700. The van der Waals surface area contributed by atoms with E-state index in [4.69, 9.17) is 5.26 Å². The molecule has 0 aromatic rings. The van der Waals surface area contributed by atoms with Crippen LogP contribution in [0.2, 0.25) is 0 Å². The van der Waals surface area contributed by atoms with E-state index < -0.39 is 0 Å². The van der Waals surface area contributed by atoms with Crippen LogP contribution in [0.3, 0.4) is 0 Å². The summed E-state index contributed by atoms with van der Waals surface area (Å²) < 4.78 is 0. The molecular formula is C12H23BrN2. The van der Waals surface area contributed by atoms with Crippen LogP contribution in [0.1, 0.15) is 33.6 Å². The first-order valence-electron chi connectivity index (χ1n) is 5.67. The first kappa shape index (κ1) is 14.9. The molecule has 88 valence electrons. The van der Waals surface area contributed by atoms with E-state index in [0.29, 0.717) is 5.41 Å². The van der Waals surface area contributed by atoms with Crippen molar-refractivity contribution in [3.05, 3.63) is 0 Å². The van der Waals surface area contributed by atoms with Crippen molar-refractivity contribution in [2.45, 2.75) is 33.6 Å². The largest absolute Gasteiger partial charge is 0.304 e. The lowest BCUT2D eigenvalue weighted by Gasteiger charge is -2.34. The molecule has 0 rings (SSSR count). The average molecular weight is 275 g/mol. The SMILES string of the molecule is CCC(CC)(CBr)CN(C)CC(C)C#N. The molecule has 0 aliphatic heterocycles. The summed E-state index contributed by atoms with van der Waals surface area (Å²) in [6.07, 6.45) is 2.36. The molecule has 0 aromatic carbocycles. The molecule has 0 aliphatic carbocycles. The van der Waals surface area contributed by atoms with Crippen molar-refractivity contribution in [2.75, 3.05) is 25.5 Å². The minimum atomic E-state index is 0.122. The number of alkyl halides is 1. The standard InChI is InChI=1S/C12H23BrN2/c1-5-12(6-2,9-13)10-15(4)8-11(3)7-14/h11H,5-6,8-10H2,1-4H3. The highest BCUT2D eigenvalue weighted by Gasteiger charge is 2.26. The summed E-state index contributed by atoms with van der Waals surface area (Å²) in [6.45, 7) is 8.39. The van der Waals surface area contributed by atoms with Crippen molar-refractivity contribution < 1.29 is 0 Å². The van der Waals surface area contributed by atoms with Gasteiger partial charge in [0.25, 0.3) is 0 Å². The minimum absolute atomic E-state index is 0.122. The van der Waals surface area contributed by atoms with Gasteiger partial charge >= 0.3 is 0 Å². The quantitative estimate of drug-likeness (QED) is 0.667. The summed E-state index contributed by atoms with van der Waals surface area (Å²) in [6, 6.07) is 2.28. The van der Waals surface area contributed by atoms with Crippen LogP contribution in [-0.4, -0.2) is 30.4 Å². The number of rotatable bonds is 7. The number of hydrogen-bond donors (Lipinski definition) is 0. The van der Waals surface area contributed by atoms with Crippen LogP contribution in [0, 0.1) is 22.7 Å². The van der Waals surface area contributed by atoms with E-state index in [1.54, 1.807) is 0 Å². The summed E-state index contributed by atoms with van der Waals surface area (Å²) in [5, 5.41) is 9.81. The van der Waals surface area contributed by atoms with Gasteiger partial charge in [-0.05, 0) is 32.2 Å². The van der Waals surface area contributed by atoms with Crippen molar-refractivity contribution in [1.29, 1.82) is 5.26 Å². The molecule has 0 fully saturated rings. The Morgan fingerprint density at radius 2 is 1.93 bits per heavy atom. The number of nitriles is 1. The van der Waals surface area contributed by atoms with E-state index in [1.165, 1.54) is 12.8 Å². The third-order valence-corrected chi connectivity index (χ3v) is 4.38. The van der Waals surface area contributed by atoms with Crippen molar-refractivity contribution in [3.63, 3.8) is 0 Å². The molecule has 15 heavy (non-hydrogen) atoms. The summed E-state index contributed by atoms with van der Waals surface area (Å²) in [7, 11) is 2.11. The van der Waals surface area contributed by atoms with Crippen LogP contribution in [0.5, 0.6) is 0 Å². The summed E-state index contributed by atoms with van der Waals surface area (Å²) in [5.74, 6) is 0.122. The molecule has 2 nitrogen and oxygen atoms in total. The van der Waals surface area contributed by atoms with Crippen LogP contribution < -0.4 is 0 Å². The third-order valence-electron chi connectivity index (χ3n) is 3.19.